The van der Waals surface area contributed by atoms with Crippen LogP contribution in [0.4, 0.5) is 0 Å². The van der Waals surface area contributed by atoms with Gasteiger partial charge in [-0.25, -0.2) is 0 Å². The van der Waals surface area contributed by atoms with E-state index in [-0.39, 0.29) is 12.1 Å². The topological polar surface area (TPSA) is 58.0 Å². The molecule has 5 rings (SSSR count). The normalized spacial score (nSPS) is 23.5. The number of thiocarbonyl (C=S) groups is 1. The van der Waals surface area contributed by atoms with E-state index < -0.39 is 0 Å². The number of aryl methyl sites for hydroxylation is 1. The number of hydrogen-bond acceptors (Lipinski definition) is 6. The van der Waals surface area contributed by atoms with Crippen LogP contribution in [-0.2, 0) is 16.0 Å². The van der Waals surface area contributed by atoms with E-state index in [9.17, 15) is 0 Å². The number of pyridine rings is 1. The third-order valence-corrected chi connectivity index (χ3v) is 8.42. The van der Waals surface area contributed by atoms with Gasteiger partial charge in [0.2, 0.25) is 0 Å². The quantitative estimate of drug-likeness (QED) is 0.475. The Hall–Kier alpha value is -2.04. The van der Waals surface area contributed by atoms with Crippen LogP contribution in [0.25, 0.3) is 0 Å². The Bertz CT molecular complexity index is 1020. The number of hydrogen-bond donors (Lipinski definition) is 1. The molecule has 1 N–H and O–H groups in total. The van der Waals surface area contributed by atoms with Crippen molar-refractivity contribution in [3.63, 3.8) is 0 Å². The summed E-state index contributed by atoms with van der Waals surface area (Å²) in [5.74, 6) is 0. The van der Waals surface area contributed by atoms with Crippen LogP contribution < -0.4 is 5.32 Å². The minimum absolute atomic E-state index is 0.0411. The molecule has 8 nitrogen and oxygen atoms in total. The molecule has 0 bridgehead atoms. The van der Waals surface area contributed by atoms with E-state index in [0.29, 0.717) is 0 Å². The standard InChI is InChI=1S/C28H42N6O2S/c1-22-21-24(23(2)33(22)11-5-9-31-13-17-35-18-14-31)27-26(25-7-3-4-8-29-25)30-28(37)34(27)12-6-10-32-15-19-36-20-16-32/h3-4,7-8,21,26-27H,5-6,9-20H2,1-2H3,(H,30,37)/t26-,27-/m0/s1. The zero-order valence-corrected chi connectivity index (χ0v) is 23.2. The summed E-state index contributed by atoms with van der Waals surface area (Å²) in [5.41, 5.74) is 5.07. The lowest BCUT2D eigenvalue weighted by atomic mass is 9.96. The van der Waals surface area contributed by atoms with Crippen LogP contribution in [0.15, 0.2) is 30.5 Å². The molecular weight excluding hydrogens is 484 g/mol. The minimum Gasteiger partial charge on any atom is -0.379 e. The van der Waals surface area contributed by atoms with Gasteiger partial charge in [0.25, 0.3) is 0 Å². The average Bonchev–Trinajstić information content (AvgIpc) is 3.40. The number of morpholine rings is 2. The Labute approximate surface area is 226 Å². The summed E-state index contributed by atoms with van der Waals surface area (Å²) in [6.45, 7) is 16.2. The fraction of sp³-hybridized carbons (Fsp3) is 0.643. The van der Waals surface area contributed by atoms with E-state index in [2.05, 4.69) is 56.6 Å². The molecule has 5 heterocycles. The highest BCUT2D eigenvalue weighted by atomic mass is 32.1. The molecule has 9 heteroatoms. The molecule has 2 atom stereocenters. The average molecular weight is 527 g/mol. The number of aromatic nitrogens is 2. The van der Waals surface area contributed by atoms with Crippen LogP contribution in [0, 0.1) is 13.8 Å². The lowest BCUT2D eigenvalue weighted by molar-refractivity contribution is 0.0365. The molecule has 0 unspecified atom stereocenters. The Kier molecular flexibility index (Phi) is 9.10. The molecule has 0 aromatic carbocycles. The van der Waals surface area contributed by atoms with E-state index in [1.54, 1.807) is 0 Å². The van der Waals surface area contributed by atoms with Crippen molar-refractivity contribution in [2.45, 2.75) is 45.3 Å². The molecule has 37 heavy (non-hydrogen) atoms. The summed E-state index contributed by atoms with van der Waals surface area (Å²) in [6, 6.07) is 8.72. The van der Waals surface area contributed by atoms with Gasteiger partial charge in [0.05, 0.1) is 44.2 Å². The number of nitrogens with one attached hydrogen (secondary N) is 1. The molecule has 0 aliphatic carbocycles. The maximum atomic E-state index is 5.92. The van der Waals surface area contributed by atoms with E-state index in [0.717, 1.165) is 102 Å². The van der Waals surface area contributed by atoms with Gasteiger partial charge in [-0.2, -0.15) is 0 Å². The van der Waals surface area contributed by atoms with E-state index in [1.165, 1.54) is 17.0 Å². The Morgan fingerprint density at radius 2 is 1.57 bits per heavy atom. The first-order valence-corrected chi connectivity index (χ1v) is 14.3. The lowest BCUT2D eigenvalue weighted by Crippen LogP contribution is -2.39. The first-order chi connectivity index (χ1) is 18.1. The Balaban J connectivity index is 1.33. The maximum Gasteiger partial charge on any atom is 0.170 e. The molecule has 0 radical (unpaired) electrons. The van der Waals surface area contributed by atoms with Gasteiger partial charge < -0.3 is 24.3 Å². The zero-order valence-electron chi connectivity index (χ0n) is 22.4. The molecule has 2 aromatic rings. The van der Waals surface area contributed by atoms with Crippen LogP contribution in [0.5, 0.6) is 0 Å². The second-order valence-corrected chi connectivity index (χ2v) is 10.8. The predicted molar refractivity (Wildman–Crippen MR) is 150 cm³/mol. The van der Waals surface area contributed by atoms with Crippen LogP contribution in [0.1, 0.15) is 47.6 Å². The summed E-state index contributed by atoms with van der Waals surface area (Å²) < 4.78 is 13.5. The second-order valence-electron chi connectivity index (χ2n) is 10.4. The third-order valence-electron chi connectivity index (χ3n) is 8.07. The van der Waals surface area contributed by atoms with Crippen LogP contribution in [-0.4, -0.2) is 102 Å². The van der Waals surface area contributed by atoms with Crippen molar-refractivity contribution in [2.24, 2.45) is 0 Å². The van der Waals surface area contributed by atoms with Crippen molar-refractivity contribution >= 4 is 17.3 Å². The third kappa shape index (κ3) is 6.34. The smallest absolute Gasteiger partial charge is 0.170 e. The number of ether oxygens (including phenoxy) is 2. The second kappa shape index (κ2) is 12.7. The summed E-state index contributed by atoms with van der Waals surface area (Å²) in [4.78, 5) is 12.2. The minimum atomic E-state index is 0.0411. The van der Waals surface area contributed by atoms with Gasteiger partial charge in [-0.05, 0) is 62.7 Å². The highest BCUT2D eigenvalue weighted by molar-refractivity contribution is 7.80. The summed E-state index contributed by atoms with van der Waals surface area (Å²) in [7, 11) is 0. The van der Waals surface area contributed by atoms with Gasteiger partial charge in [-0.1, -0.05) is 6.07 Å². The summed E-state index contributed by atoms with van der Waals surface area (Å²) in [6.07, 6.45) is 4.10. The SMILES string of the molecule is Cc1cc([C@H]2[C@H](c3ccccn3)NC(=S)N2CCCN2CCOCC2)c(C)n1CCCN1CCOCC1. The number of rotatable bonds is 10. The molecule has 2 aromatic heterocycles. The van der Waals surface area contributed by atoms with Gasteiger partial charge in [0.15, 0.2) is 5.11 Å². The van der Waals surface area contributed by atoms with Crippen molar-refractivity contribution in [2.75, 3.05) is 72.2 Å². The van der Waals surface area contributed by atoms with Crippen LogP contribution in [0.3, 0.4) is 0 Å². The van der Waals surface area contributed by atoms with Gasteiger partial charge in [0.1, 0.15) is 0 Å². The zero-order chi connectivity index (χ0) is 25.6. The first-order valence-electron chi connectivity index (χ1n) is 13.9. The molecule has 3 fully saturated rings. The van der Waals surface area contributed by atoms with Crippen molar-refractivity contribution in [1.82, 2.24) is 29.6 Å². The Morgan fingerprint density at radius 1 is 0.919 bits per heavy atom. The molecule has 0 saturated carbocycles. The molecule has 3 aliphatic heterocycles. The van der Waals surface area contributed by atoms with Gasteiger partial charge in [-0.3, -0.25) is 14.8 Å². The highest BCUT2D eigenvalue weighted by Gasteiger charge is 2.41. The monoisotopic (exact) mass is 526 g/mol. The maximum absolute atomic E-state index is 5.92. The van der Waals surface area contributed by atoms with Crippen molar-refractivity contribution in [1.29, 1.82) is 0 Å². The van der Waals surface area contributed by atoms with E-state index >= 15 is 0 Å². The molecular formula is C28H42N6O2S. The number of nitrogens with zero attached hydrogens (tertiary/aromatic N) is 5. The fourth-order valence-electron chi connectivity index (χ4n) is 6.02. The van der Waals surface area contributed by atoms with Gasteiger partial charge >= 0.3 is 0 Å². The van der Waals surface area contributed by atoms with Crippen LogP contribution >= 0.6 is 12.2 Å². The van der Waals surface area contributed by atoms with Crippen molar-refractivity contribution in [3.8, 4) is 0 Å². The molecule has 3 aliphatic rings. The lowest BCUT2D eigenvalue weighted by Gasteiger charge is -2.30. The largest absolute Gasteiger partial charge is 0.379 e. The van der Waals surface area contributed by atoms with Crippen molar-refractivity contribution in [3.05, 3.63) is 53.1 Å². The predicted octanol–water partition coefficient (Wildman–Crippen LogP) is 2.92. The Morgan fingerprint density at radius 3 is 2.19 bits per heavy atom. The molecule has 3 saturated heterocycles. The van der Waals surface area contributed by atoms with Gasteiger partial charge in [-0.15, -0.1) is 0 Å². The fourth-order valence-corrected chi connectivity index (χ4v) is 6.35. The van der Waals surface area contributed by atoms with Crippen molar-refractivity contribution < 1.29 is 9.47 Å². The van der Waals surface area contributed by atoms with E-state index in [1.807, 2.05) is 12.3 Å². The first kappa shape index (κ1) is 26.6. The summed E-state index contributed by atoms with van der Waals surface area (Å²) in [5, 5.41) is 4.47. The molecule has 202 valence electrons. The molecule has 0 spiro atoms. The van der Waals surface area contributed by atoms with Gasteiger partial charge in [0, 0.05) is 69.9 Å². The molecule has 0 amide bonds. The van der Waals surface area contributed by atoms with Crippen LogP contribution in [0.2, 0.25) is 0 Å². The summed E-state index contributed by atoms with van der Waals surface area (Å²) >= 11 is 5.92. The van der Waals surface area contributed by atoms with E-state index in [4.69, 9.17) is 26.7 Å². The highest BCUT2D eigenvalue weighted by Crippen LogP contribution is 2.40.